The molecule has 0 radical (unpaired) electrons. The predicted molar refractivity (Wildman–Crippen MR) is 109 cm³/mol. The summed E-state index contributed by atoms with van der Waals surface area (Å²) >= 11 is 0. The number of carbonyl (C=O) groups excluding carboxylic acids is 1. The van der Waals surface area contributed by atoms with Gasteiger partial charge in [0.25, 0.3) is 5.91 Å². The lowest BCUT2D eigenvalue weighted by Gasteiger charge is -2.12. The first kappa shape index (κ1) is 18.5. The molecule has 1 N–H and O–H groups in total. The Labute approximate surface area is 168 Å². The summed E-state index contributed by atoms with van der Waals surface area (Å²) in [5.74, 6) is 0.796. The van der Waals surface area contributed by atoms with Gasteiger partial charge >= 0.3 is 0 Å². The molecule has 4 aromatic rings. The van der Waals surface area contributed by atoms with Crippen molar-refractivity contribution in [2.45, 2.75) is 13.5 Å². The van der Waals surface area contributed by atoms with Gasteiger partial charge in [-0.3, -0.25) is 4.79 Å². The average molecular weight is 388 g/mol. The molecule has 0 saturated carbocycles. The van der Waals surface area contributed by atoms with Gasteiger partial charge in [0.05, 0.1) is 12.8 Å². The Kier molecular flexibility index (Phi) is 5.11. The second-order valence-corrected chi connectivity index (χ2v) is 6.47. The third-order valence-corrected chi connectivity index (χ3v) is 4.33. The molecule has 0 aliphatic heterocycles. The van der Waals surface area contributed by atoms with Crippen LogP contribution in [0.2, 0.25) is 0 Å². The van der Waals surface area contributed by atoms with Crippen LogP contribution in [0.3, 0.4) is 0 Å². The fraction of sp³-hybridized carbons (Fsp3) is 0.136. The highest BCUT2D eigenvalue weighted by Gasteiger charge is 2.12. The summed E-state index contributed by atoms with van der Waals surface area (Å²) < 4.78 is 13.2. The molecule has 1 amide bonds. The van der Waals surface area contributed by atoms with Crippen LogP contribution in [-0.2, 0) is 6.61 Å². The molecule has 7 nitrogen and oxygen atoms in total. The SMILES string of the molecule is COc1ccc(NC(=O)c2cccc(C)n2)cc1OCc1cn2ccccc2n1. The van der Waals surface area contributed by atoms with E-state index < -0.39 is 0 Å². The molecule has 0 saturated heterocycles. The highest BCUT2D eigenvalue weighted by molar-refractivity contribution is 6.03. The smallest absolute Gasteiger partial charge is 0.274 e. The molecule has 146 valence electrons. The number of methoxy groups -OCH3 is 1. The van der Waals surface area contributed by atoms with Crippen LogP contribution in [0.1, 0.15) is 21.9 Å². The normalized spacial score (nSPS) is 10.7. The third-order valence-electron chi connectivity index (χ3n) is 4.33. The van der Waals surface area contributed by atoms with E-state index in [-0.39, 0.29) is 12.5 Å². The summed E-state index contributed by atoms with van der Waals surface area (Å²) in [7, 11) is 1.57. The Balaban J connectivity index is 1.51. The van der Waals surface area contributed by atoms with Gasteiger partial charge in [0.2, 0.25) is 0 Å². The van der Waals surface area contributed by atoms with Crippen LogP contribution < -0.4 is 14.8 Å². The fourth-order valence-electron chi connectivity index (χ4n) is 2.94. The van der Waals surface area contributed by atoms with E-state index in [4.69, 9.17) is 9.47 Å². The first-order valence-corrected chi connectivity index (χ1v) is 9.11. The van der Waals surface area contributed by atoms with E-state index in [0.717, 1.165) is 17.0 Å². The molecule has 29 heavy (non-hydrogen) atoms. The van der Waals surface area contributed by atoms with Crippen LogP contribution in [-0.4, -0.2) is 27.4 Å². The lowest BCUT2D eigenvalue weighted by molar-refractivity contribution is 0.102. The molecule has 1 aromatic carbocycles. The van der Waals surface area contributed by atoms with Gasteiger partial charge in [-0.2, -0.15) is 0 Å². The number of nitrogens with zero attached hydrogens (tertiary/aromatic N) is 3. The predicted octanol–water partition coefficient (Wildman–Crippen LogP) is 3.88. The molecular weight excluding hydrogens is 368 g/mol. The van der Waals surface area contributed by atoms with Gasteiger partial charge in [-0.15, -0.1) is 0 Å². The van der Waals surface area contributed by atoms with Crippen molar-refractivity contribution in [1.82, 2.24) is 14.4 Å². The number of amides is 1. The number of rotatable bonds is 6. The van der Waals surface area contributed by atoms with Gasteiger partial charge < -0.3 is 19.2 Å². The first-order chi connectivity index (χ1) is 14.1. The largest absolute Gasteiger partial charge is 0.493 e. The van der Waals surface area contributed by atoms with Gasteiger partial charge in [0.15, 0.2) is 11.5 Å². The van der Waals surface area contributed by atoms with Crippen LogP contribution in [0.25, 0.3) is 5.65 Å². The van der Waals surface area contributed by atoms with E-state index in [9.17, 15) is 4.79 Å². The summed E-state index contributed by atoms with van der Waals surface area (Å²) in [4.78, 5) is 21.2. The number of nitrogens with one attached hydrogen (secondary N) is 1. The molecule has 0 aliphatic carbocycles. The van der Waals surface area contributed by atoms with Crippen LogP contribution in [0.5, 0.6) is 11.5 Å². The highest BCUT2D eigenvalue weighted by atomic mass is 16.5. The van der Waals surface area contributed by atoms with Gasteiger partial charge in [0.1, 0.15) is 17.9 Å². The maximum Gasteiger partial charge on any atom is 0.274 e. The summed E-state index contributed by atoms with van der Waals surface area (Å²) in [5.41, 5.74) is 3.36. The topological polar surface area (TPSA) is 77.8 Å². The van der Waals surface area contributed by atoms with E-state index >= 15 is 0 Å². The zero-order chi connectivity index (χ0) is 20.2. The number of pyridine rings is 2. The number of hydrogen-bond donors (Lipinski definition) is 1. The van der Waals surface area contributed by atoms with E-state index in [1.807, 2.05) is 48.0 Å². The number of aromatic nitrogens is 3. The molecule has 0 spiro atoms. The van der Waals surface area contributed by atoms with Gasteiger partial charge in [-0.25, -0.2) is 9.97 Å². The minimum atomic E-state index is -0.287. The van der Waals surface area contributed by atoms with Gasteiger partial charge in [0, 0.05) is 29.8 Å². The minimum absolute atomic E-state index is 0.273. The fourth-order valence-corrected chi connectivity index (χ4v) is 2.94. The van der Waals surface area contributed by atoms with Crippen LogP contribution in [0, 0.1) is 6.92 Å². The van der Waals surface area contributed by atoms with Crippen molar-refractivity contribution in [3.05, 3.63) is 84.1 Å². The van der Waals surface area contributed by atoms with Crippen molar-refractivity contribution < 1.29 is 14.3 Å². The summed E-state index contributed by atoms with van der Waals surface area (Å²) in [6.07, 6.45) is 3.85. The van der Waals surface area contributed by atoms with Crippen molar-refractivity contribution in [2.24, 2.45) is 0 Å². The maximum atomic E-state index is 12.5. The lowest BCUT2D eigenvalue weighted by atomic mass is 10.2. The van der Waals surface area contributed by atoms with Crippen molar-refractivity contribution in [1.29, 1.82) is 0 Å². The number of imidazole rings is 1. The molecule has 3 aromatic heterocycles. The molecule has 7 heteroatoms. The molecule has 0 bridgehead atoms. The van der Waals surface area contributed by atoms with Crippen LogP contribution >= 0.6 is 0 Å². The molecule has 0 atom stereocenters. The average Bonchev–Trinajstić information content (AvgIpc) is 3.15. The second kappa shape index (κ2) is 8.02. The number of hydrogen-bond acceptors (Lipinski definition) is 5. The second-order valence-electron chi connectivity index (χ2n) is 6.47. The number of carbonyl (C=O) groups is 1. The standard InChI is InChI=1S/C22H20N4O3/c1-15-6-5-7-18(23-15)22(27)25-16-9-10-19(28-2)20(12-16)29-14-17-13-26-11-4-3-8-21(26)24-17/h3-13H,14H2,1-2H3,(H,25,27). The van der Waals surface area contributed by atoms with Crippen molar-refractivity contribution >= 4 is 17.2 Å². The number of fused-ring (bicyclic) bond motifs is 1. The minimum Gasteiger partial charge on any atom is -0.493 e. The Hall–Kier alpha value is -3.87. The Morgan fingerprint density at radius 2 is 1.97 bits per heavy atom. The first-order valence-electron chi connectivity index (χ1n) is 9.11. The van der Waals surface area contributed by atoms with Crippen molar-refractivity contribution in [3.63, 3.8) is 0 Å². The number of anilines is 1. The highest BCUT2D eigenvalue weighted by Crippen LogP contribution is 2.31. The van der Waals surface area contributed by atoms with E-state index in [2.05, 4.69) is 15.3 Å². The zero-order valence-electron chi connectivity index (χ0n) is 16.1. The quantitative estimate of drug-likeness (QED) is 0.542. The summed E-state index contributed by atoms with van der Waals surface area (Å²) in [5, 5.41) is 2.84. The lowest BCUT2D eigenvalue weighted by Crippen LogP contribution is -2.14. The van der Waals surface area contributed by atoms with E-state index in [1.165, 1.54) is 0 Å². The molecule has 0 fully saturated rings. The van der Waals surface area contributed by atoms with Crippen LogP contribution in [0.15, 0.2) is 67.0 Å². The molecule has 0 aliphatic rings. The number of aryl methyl sites for hydroxylation is 1. The Morgan fingerprint density at radius 1 is 1.07 bits per heavy atom. The molecular formula is C22H20N4O3. The monoisotopic (exact) mass is 388 g/mol. The molecule has 0 unspecified atom stereocenters. The Bertz CT molecular complexity index is 1140. The van der Waals surface area contributed by atoms with E-state index in [0.29, 0.717) is 22.9 Å². The zero-order valence-corrected chi connectivity index (χ0v) is 16.1. The van der Waals surface area contributed by atoms with Crippen LogP contribution in [0.4, 0.5) is 5.69 Å². The van der Waals surface area contributed by atoms with Crippen molar-refractivity contribution in [2.75, 3.05) is 12.4 Å². The van der Waals surface area contributed by atoms with Gasteiger partial charge in [-0.1, -0.05) is 12.1 Å². The summed E-state index contributed by atoms with van der Waals surface area (Å²) in [6, 6.07) is 16.4. The molecule has 4 rings (SSSR count). The molecule has 3 heterocycles. The maximum absolute atomic E-state index is 12.5. The summed E-state index contributed by atoms with van der Waals surface area (Å²) in [6.45, 7) is 2.12. The Morgan fingerprint density at radius 3 is 2.76 bits per heavy atom. The number of benzene rings is 1. The van der Waals surface area contributed by atoms with E-state index in [1.54, 1.807) is 37.4 Å². The van der Waals surface area contributed by atoms with Crippen molar-refractivity contribution in [3.8, 4) is 11.5 Å². The third kappa shape index (κ3) is 4.19. The van der Waals surface area contributed by atoms with Gasteiger partial charge in [-0.05, 0) is 43.3 Å². The number of ether oxygens (including phenoxy) is 2.